The van der Waals surface area contributed by atoms with Crippen LogP contribution in [0, 0.1) is 5.82 Å². The molecule has 0 saturated carbocycles. The zero-order valence-electron chi connectivity index (χ0n) is 11.5. The fraction of sp³-hybridized carbons (Fsp3) is 0.188. The molecule has 0 aromatic heterocycles. The second kappa shape index (κ2) is 7.58. The van der Waals surface area contributed by atoms with E-state index in [4.69, 9.17) is 23.2 Å². The Hall–Kier alpha value is -1.62. The van der Waals surface area contributed by atoms with E-state index < -0.39 is 11.9 Å². The maximum absolute atomic E-state index is 13.3. The van der Waals surface area contributed by atoms with Crippen molar-refractivity contribution in [3.63, 3.8) is 0 Å². The largest absolute Gasteiger partial charge is 0.387 e. The predicted molar refractivity (Wildman–Crippen MR) is 84.5 cm³/mol. The summed E-state index contributed by atoms with van der Waals surface area (Å²) < 4.78 is 13.3. The lowest BCUT2D eigenvalue weighted by molar-refractivity contribution is -0.120. The molecule has 2 aromatic rings. The number of nitrogens with one attached hydrogen (secondary N) is 1. The molecule has 116 valence electrons. The van der Waals surface area contributed by atoms with Gasteiger partial charge >= 0.3 is 0 Å². The third-order valence-corrected chi connectivity index (χ3v) is 3.81. The van der Waals surface area contributed by atoms with Crippen molar-refractivity contribution in [2.24, 2.45) is 0 Å². The SMILES string of the molecule is O=C(Cc1ccccc1Cl)NCC(O)c1ccc(Cl)c(F)c1. The minimum Gasteiger partial charge on any atom is -0.387 e. The van der Waals surface area contributed by atoms with E-state index in [9.17, 15) is 14.3 Å². The molecule has 0 aliphatic rings. The Morgan fingerprint density at radius 1 is 1.18 bits per heavy atom. The van der Waals surface area contributed by atoms with Gasteiger partial charge in [-0.1, -0.05) is 47.5 Å². The molecule has 0 bridgehead atoms. The molecule has 0 radical (unpaired) electrons. The van der Waals surface area contributed by atoms with Gasteiger partial charge in [0.05, 0.1) is 17.5 Å². The summed E-state index contributed by atoms with van der Waals surface area (Å²) in [4.78, 5) is 11.8. The molecule has 0 spiro atoms. The minimum atomic E-state index is -1.01. The van der Waals surface area contributed by atoms with Gasteiger partial charge in [0.25, 0.3) is 0 Å². The number of amides is 1. The Labute approximate surface area is 137 Å². The number of carbonyl (C=O) groups excluding carboxylic acids is 1. The van der Waals surface area contributed by atoms with Gasteiger partial charge in [0.2, 0.25) is 5.91 Å². The van der Waals surface area contributed by atoms with Crippen LogP contribution in [0.1, 0.15) is 17.2 Å². The number of carbonyl (C=O) groups is 1. The van der Waals surface area contributed by atoms with Gasteiger partial charge in [-0.25, -0.2) is 4.39 Å². The summed E-state index contributed by atoms with van der Waals surface area (Å²) in [5.74, 6) is -0.887. The summed E-state index contributed by atoms with van der Waals surface area (Å²) in [6.45, 7) is -0.0235. The second-order valence-electron chi connectivity index (χ2n) is 4.76. The highest BCUT2D eigenvalue weighted by molar-refractivity contribution is 6.31. The van der Waals surface area contributed by atoms with E-state index in [2.05, 4.69) is 5.32 Å². The highest BCUT2D eigenvalue weighted by atomic mass is 35.5. The van der Waals surface area contributed by atoms with E-state index in [1.54, 1.807) is 24.3 Å². The van der Waals surface area contributed by atoms with E-state index in [1.807, 2.05) is 0 Å². The average molecular weight is 342 g/mol. The van der Waals surface area contributed by atoms with Crippen molar-refractivity contribution in [1.82, 2.24) is 5.32 Å². The van der Waals surface area contributed by atoms with Crippen molar-refractivity contribution in [2.45, 2.75) is 12.5 Å². The first-order valence-corrected chi connectivity index (χ1v) is 7.36. The molecule has 0 aliphatic carbocycles. The number of rotatable bonds is 5. The molecule has 0 saturated heterocycles. The van der Waals surface area contributed by atoms with Crippen LogP contribution in [-0.2, 0) is 11.2 Å². The molecule has 2 aromatic carbocycles. The smallest absolute Gasteiger partial charge is 0.224 e. The molecule has 2 N–H and O–H groups in total. The Balaban J connectivity index is 1.90. The summed E-state index contributed by atoms with van der Waals surface area (Å²) in [5.41, 5.74) is 1.05. The molecular weight excluding hydrogens is 328 g/mol. The first-order valence-electron chi connectivity index (χ1n) is 6.60. The zero-order valence-corrected chi connectivity index (χ0v) is 13.0. The van der Waals surface area contributed by atoms with Gasteiger partial charge in [-0.15, -0.1) is 0 Å². The maximum Gasteiger partial charge on any atom is 0.224 e. The van der Waals surface area contributed by atoms with Crippen molar-refractivity contribution in [1.29, 1.82) is 0 Å². The van der Waals surface area contributed by atoms with Gasteiger partial charge < -0.3 is 10.4 Å². The molecule has 1 amide bonds. The molecule has 3 nitrogen and oxygen atoms in total. The minimum absolute atomic E-state index is 0.0151. The van der Waals surface area contributed by atoms with Crippen LogP contribution in [0.3, 0.4) is 0 Å². The van der Waals surface area contributed by atoms with Crippen molar-refractivity contribution >= 4 is 29.1 Å². The molecule has 0 fully saturated rings. The van der Waals surface area contributed by atoms with Gasteiger partial charge in [-0.3, -0.25) is 4.79 Å². The monoisotopic (exact) mass is 341 g/mol. The van der Waals surface area contributed by atoms with Crippen LogP contribution in [0.25, 0.3) is 0 Å². The van der Waals surface area contributed by atoms with Crippen molar-refractivity contribution < 1.29 is 14.3 Å². The normalized spacial score (nSPS) is 12.0. The first-order chi connectivity index (χ1) is 10.5. The number of halogens is 3. The van der Waals surface area contributed by atoms with Crippen molar-refractivity contribution in [3.8, 4) is 0 Å². The molecule has 1 atom stereocenters. The van der Waals surface area contributed by atoms with Crippen LogP contribution in [0.2, 0.25) is 10.0 Å². The van der Waals surface area contributed by atoms with Crippen LogP contribution in [0.15, 0.2) is 42.5 Å². The number of aliphatic hydroxyl groups excluding tert-OH is 1. The standard InChI is InChI=1S/C16H14Cl2FNO2/c17-12-4-2-1-3-10(12)8-16(22)20-9-15(21)11-5-6-13(18)14(19)7-11/h1-7,15,21H,8-9H2,(H,20,22). The predicted octanol–water partition coefficient (Wildman–Crippen LogP) is 3.52. The third-order valence-electron chi connectivity index (χ3n) is 3.13. The van der Waals surface area contributed by atoms with Gasteiger partial charge in [-0.05, 0) is 29.3 Å². The molecule has 2 rings (SSSR count). The fourth-order valence-electron chi connectivity index (χ4n) is 1.93. The Bertz CT molecular complexity index is 679. The quantitative estimate of drug-likeness (QED) is 0.873. The van der Waals surface area contributed by atoms with Gasteiger partial charge in [-0.2, -0.15) is 0 Å². The van der Waals surface area contributed by atoms with E-state index in [0.29, 0.717) is 16.1 Å². The van der Waals surface area contributed by atoms with E-state index in [-0.39, 0.29) is 23.9 Å². The number of hydrogen-bond donors (Lipinski definition) is 2. The van der Waals surface area contributed by atoms with Gasteiger partial charge in [0.15, 0.2) is 0 Å². The Morgan fingerprint density at radius 2 is 1.91 bits per heavy atom. The first kappa shape index (κ1) is 16.7. The van der Waals surface area contributed by atoms with E-state index in [1.165, 1.54) is 12.1 Å². The number of aliphatic hydroxyl groups is 1. The maximum atomic E-state index is 13.3. The molecule has 6 heteroatoms. The van der Waals surface area contributed by atoms with Crippen LogP contribution in [-0.4, -0.2) is 17.6 Å². The fourth-order valence-corrected chi connectivity index (χ4v) is 2.25. The lowest BCUT2D eigenvalue weighted by atomic mass is 10.1. The third kappa shape index (κ3) is 4.44. The summed E-state index contributed by atoms with van der Waals surface area (Å²) in [7, 11) is 0. The van der Waals surface area contributed by atoms with Gasteiger partial charge in [0.1, 0.15) is 5.82 Å². The lowest BCUT2D eigenvalue weighted by Gasteiger charge is -2.13. The van der Waals surface area contributed by atoms with Crippen LogP contribution in [0.5, 0.6) is 0 Å². The van der Waals surface area contributed by atoms with Gasteiger partial charge in [0, 0.05) is 11.6 Å². The summed E-state index contributed by atoms with van der Waals surface area (Å²) >= 11 is 11.6. The topological polar surface area (TPSA) is 49.3 Å². The van der Waals surface area contributed by atoms with Crippen LogP contribution >= 0.6 is 23.2 Å². The number of hydrogen-bond acceptors (Lipinski definition) is 2. The molecule has 22 heavy (non-hydrogen) atoms. The van der Waals surface area contributed by atoms with Crippen LogP contribution in [0.4, 0.5) is 4.39 Å². The molecule has 0 heterocycles. The summed E-state index contributed by atoms with van der Waals surface area (Å²) in [6, 6.07) is 11.1. The highest BCUT2D eigenvalue weighted by Crippen LogP contribution is 2.20. The van der Waals surface area contributed by atoms with Crippen molar-refractivity contribution in [2.75, 3.05) is 6.54 Å². The summed E-state index contributed by atoms with van der Waals surface area (Å²) in [6.07, 6.45) is -0.900. The van der Waals surface area contributed by atoms with Crippen molar-refractivity contribution in [3.05, 3.63) is 69.5 Å². The van der Waals surface area contributed by atoms with E-state index >= 15 is 0 Å². The summed E-state index contributed by atoms with van der Waals surface area (Å²) in [5, 5.41) is 13.0. The zero-order chi connectivity index (χ0) is 16.1. The average Bonchev–Trinajstić information content (AvgIpc) is 2.50. The molecular formula is C16H14Cl2FNO2. The Morgan fingerprint density at radius 3 is 2.59 bits per heavy atom. The molecule has 0 aliphatic heterocycles. The highest BCUT2D eigenvalue weighted by Gasteiger charge is 2.12. The second-order valence-corrected chi connectivity index (χ2v) is 5.58. The van der Waals surface area contributed by atoms with Crippen LogP contribution < -0.4 is 5.32 Å². The molecule has 1 unspecified atom stereocenters. The lowest BCUT2D eigenvalue weighted by Crippen LogP contribution is -2.29. The Kier molecular flexibility index (Phi) is 5.77. The number of benzene rings is 2. The van der Waals surface area contributed by atoms with E-state index in [0.717, 1.165) is 6.07 Å².